The molecule has 0 saturated carbocycles. The summed E-state index contributed by atoms with van der Waals surface area (Å²) in [5.41, 5.74) is 0. The summed E-state index contributed by atoms with van der Waals surface area (Å²) in [6, 6.07) is 0. The summed E-state index contributed by atoms with van der Waals surface area (Å²) in [6.07, 6.45) is 0.689. The van der Waals surface area contributed by atoms with Gasteiger partial charge >= 0.3 is 0 Å². The van der Waals surface area contributed by atoms with Crippen LogP contribution in [0.15, 0.2) is 0 Å². The average Bonchev–Trinajstić information content (AvgIpc) is 2.43. The minimum absolute atomic E-state index is 0.0822. The predicted octanol–water partition coefficient (Wildman–Crippen LogP) is -0.119. The molecule has 4 atom stereocenters. The van der Waals surface area contributed by atoms with E-state index in [0.29, 0.717) is 6.42 Å². The lowest BCUT2D eigenvalue weighted by molar-refractivity contribution is -0.146. The zero-order valence-electron chi connectivity index (χ0n) is 5.28. The van der Waals surface area contributed by atoms with Gasteiger partial charge in [0.25, 0.3) is 0 Å². The van der Waals surface area contributed by atoms with E-state index in [2.05, 4.69) is 0 Å². The molecule has 1 N–H and O–H groups in total. The van der Waals surface area contributed by atoms with E-state index in [9.17, 15) is 0 Å². The standard InChI is InChI=1S/C6H10O3/c1-3-6-4(9-6)2-5(7)8-3/h3-7H,2H2,1H3/t3-,4+,5-,6-/m0/s1. The van der Waals surface area contributed by atoms with Crippen molar-refractivity contribution in [3.05, 3.63) is 0 Å². The van der Waals surface area contributed by atoms with Crippen LogP contribution in [0.2, 0.25) is 0 Å². The number of aliphatic hydroxyl groups excluding tert-OH is 1. The Hall–Kier alpha value is -0.120. The SMILES string of the molecule is C[C@@H]1O[C@H](O)C[C@H]2O[C@@H]12. The minimum atomic E-state index is -0.594. The Kier molecular flexibility index (Phi) is 1.06. The van der Waals surface area contributed by atoms with Gasteiger partial charge in [0.2, 0.25) is 0 Å². The van der Waals surface area contributed by atoms with Crippen molar-refractivity contribution in [2.24, 2.45) is 0 Å². The van der Waals surface area contributed by atoms with Gasteiger partial charge in [-0.25, -0.2) is 0 Å². The maximum Gasteiger partial charge on any atom is 0.157 e. The van der Waals surface area contributed by atoms with Crippen LogP contribution in [0.25, 0.3) is 0 Å². The van der Waals surface area contributed by atoms with Crippen LogP contribution in [-0.4, -0.2) is 29.7 Å². The molecule has 2 heterocycles. The molecular formula is C6H10O3. The number of fused-ring (bicyclic) bond motifs is 1. The first-order chi connectivity index (χ1) is 4.27. The highest BCUT2D eigenvalue weighted by atomic mass is 16.7. The molecule has 0 amide bonds. The quantitative estimate of drug-likeness (QED) is 0.465. The molecule has 0 unspecified atom stereocenters. The Morgan fingerprint density at radius 1 is 1.44 bits per heavy atom. The van der Waals surface area contributed by atoms with Crippen LogP contribution in [0.3, 0.4) is 0 Å². The number of hydrogen-bond acceptors (Lipinski definition) is 3. The minimum Gasteiger partial charge on any atom is -0.368 e. The third kappa shape index (κ3) is 0.852. The summed E-state index contributed by atoms with van der Waals surface area (Å²) in [6.45, 7) is 1.92. The molecule has 0 aromatic rings. The van der Waals surface area contributed by atoms with Crippen LogP contribution >= 0.6 is 0 Å². The average molecular weight is 130 g/mol. The Balaban J connectivity index is 1.99. The van der Waals surface area contributed by atoms with E-state index in [1.54, 1.807) is 0 Å². The summed E-state index contributed by atoms with van der Waals surface area (Å²) >= 11 is 0. The molecule has 52 valence electrons. The molecule has 2 aliphatic rings. The first-order valence-corrected chi connectivity index (χ1v) is 3.26. The van der Waals surface area contributed by atoms with E-state index in [4.69, 9.17) is 14.6 Å². The molecule has 0 aromatic carbocycles. The Morgan fingerprint density at radius 3 is 2.89 bits per heavy atom. The normalized spacial score (nSPS) is 56.7. The van der Waals surface area contributed by atoms with Crippen molar-refractivity contribution in [2.75, 3.05) is 0 Å². The molecule has 0 spiro atoms. The third-order valence-corrected chi connectivity index (χ3v) is 1.89. The highest BCUT2D eigenvalue weighted by molar-refractivity contribution is 4.93. The fourth-order valence-electron chi connectivity index (χ4n) is 1.34. The lowest BCUT2D eigenvalue weighted by atomic mass is 10.1. The van der Waals surface area contributed by atoms with Gasteiger partial charge in [0.15, 0.2) is 6.29 Å². The smallest absolute Gasteiger partial charge is 0.157 e. The summed E-state index contributed by atoms with van der Waals surface area (Å²) in [5, 5.41) is 8.97. The Bertz CT molecular complexity index is 125. The van der Waals surface area contributed by atoms with Crippen molar-refractivity contribution in [1.29, 1.82) is 0 Å². The molecule has 0 aliphatic carbocycles. The van der Waals surface area contributed by atoms with Crippen molar-refractivity contribution in [3.63, 3.8) is 0 Å². The van der Waals surface area contributed by atoms with E-state index in [0.717, 1.165) is 0 Å². The second-order valence-corrected chi connectivity index (χ2v) is 2.67. The number of rotatable bonds is 0. The summed E-state index contributed by atoms with van der Waals surface area (Å²) in [5.74, 6) is 0. The third-order valence-electron chi connectivity index (χ3n) is 1.89. The van der Waals surface area contributed by atoms with Gasteiger partial charge in [-0.3, -0.25) is 0 Å². The zero-order valence-corrected chi connectivity index (χ0v) is 5.28. The van der Waals surface area contributed by atoms with Gasteiger partial charge in [0, 0.05) is 6.42 Å². The van der Waals surface area contributed by atoms with Crippen LogP contribution in [0.4, 0.5) is 0 Å². The van der Waals surface area contributed by atoms with Crippen LogP contribution in [-0.2, 0) is 9.47 Å². The molecule has 0 aromatic heterocycles. The number of ether oxygens (including phenoxy) is 2. The van der Waals surface area contributed by atoms with Crippen LogP contribution in [0.1, 0.15) is 13.3 Å². The van der Waals surface area contributed by atoms with Gasteiger partial charge in [-0.1, -0.05) is 0 Å². The molecule has 3 heteroatoms. The van der Waals surface area contributed by atoms with Gasteiger partial charge < -0.3 is 14.6 Å². The second-order valence-electron chi connectivity index (χ2n) is 2.67. The summed E-state index contributed by atoms with van der Waals surface area (Å²) < 4.78 is 10.2. The molecule has 3 nitrogen and oxygen atoms in total. The lowest BCUT2D eigenvalue weighted by Crippen LogP contribution is -2.31. The Labute approximate surface area is 53.6 Å². The highest BCUT2D eigenvalue weighted by Gasteiger charge is 2.49. The van der Waals surface area contributed by atoms with Crippen LogP contribution in [0, 0.1) is 0 Å². The highest BCUT2D eigenvalue weighted by Crippen LogP contribution is 2.35. The fourth-order valence-corrected chi connectivity index (χ4v) is 1.34. The fraction of sp³-hybridized carbons (Fsp3) is 1.00. The zero-order chi connectivity index (χ0) is 6.43. The maximum atomic E-state index is 8.97. The number of epoxide rings is 1. The molecule has 2 saturated heterocycles. The number of aliphatic hydroxyl groups is 1. The van der Waals surface area contributed by atoms with Gasteiger partial charge in [0.05, 0.1) is 12.2 Å². The van der Waals surface area contributed by atoms with Gasteiger partial charge in [-0.15, -0.1) is 0 Å². The van der Waals surface area contributed by atoms with Gasteiger partial charge in [0.1, 0.15) is 6.10 Å². The largest absolute Gasteiger partial charge is 0.368 e. The van der Waals surface area contributed by atoms with E-state index < -0.39 is 6.29 Å². The molecular weight excluding hydrogens is 120 g/mol. The van der Waals surface area contributed by atoms with E-state index in [-0.39, 0.29) is 18.3 Å². The van der Waals surface area contributed by atoms with Crippen LogP contribution < -0.4 is 0 Å². The number of hydrogen-bond donors (Lipinski definition) is 1. The van der Waals surface area contributed by atoms with Crippen molar-refractivity contribution in [1.82, 2.24) is 0 Å². The second kappa shape index (κ2) is 1.68. The topological polar surface area (TPSA) is 42.0 Å². The van der Waals surface area contributed by atoms with E-state index in [1.165, 1.54) is 0 Å². The first kappa shape index (κ1) is 5.65. The van der Waals surface area contributed by atoms with Crippen molar-refractivity contribution >= 4 is 0 Å². The monoisotopic (exact) mass is 130 g/mol. The van der Waals surface area contributed by atoms with E-state index in [1.807, 2.05) is 6.92 Å². The first-order valence-electron chi connectivity index (χ1n) is 3.26. The molecule has 0 bridgehead atoms. The molecule has 2 aliphatic heterocycles. The van der Waals surface area contributed by atoms with Gasteiger partial charge in [-0.05, 0) is 6.92 Å². The van der Waals surface area contributed by atoms with Crippen molar-refractivity contribution in [2.45, 2.75) is 37.9 Å². The van der Waals surface area contributed by atoms with Crippen LogP contribution in [0.5, 0.6) is 0 Å². The van der Waals surface area contributed by atoms with E-state index >= 15 is 0 Å². The van der Waals surface area contributed by atoms with Crippen molar-refractivity contribution in [3.8, 4) is 0 Å². The van der Waals surface area contributed by atoms with Gasteiger partial charge in [-0.2, -0.15) is 0 Å². The molecule has 0 radical (unpaired) electrons. The van der Waals surface area contributed by atoms with Crippen molar-refractivity contribution < 1.29 is 14.6 Å². The summed E-state index contributed by atoms with van der Waals surface area (Å²) in [7, 11) is 0. The maximum absolute atomic E-state index is 8.97. The Morgan fingerprint density at radius 2 is 2.22 bits per heavy atom. The molecule has 2 rings (SSSR count). The lowest BCUT2D eigenvalue weighted by Gasteiger charge is -2.19. The molecule has 9 heavy (non-hydrogen) atoms. The molecule has 2 fully saturated rings. The summed E-state index contributed by atoms with van der Waals surface area (Å²) in [4.78, 5) is 0. The predicted molar refractivity (Wildman–Crippen MR) is 29.8 cm³/mol.